The summed E-state index contributed by atoms with van der Waals surface area (Å²) in [6, 6.07) is 0. The molecule has 0 radical (unpaired) electrons. The third-order valence-electron chi connectivity index (χ3n) is 3.19. The Labute approximate surface area is 88.7 Å². The number of thiazole rings is 1. The fourth-order valence-corrected chi connectivity index (χ4v) is 3.11. The van der Waals surface area contributed by atoms with E-state index in [4.69, 9.17) is 4.98 Å². The molecule has 1 aliphatic carbocycles. The first-order valence-electron chi connectivity index (χ1n) is 5.57. The first-order chi connectivity index (χ1) is 6.92. The average molecular weight is 208 g/mol. The summed E-state index contributed by atoms with van der Waals surface area (Å²) >= 11 is 1.87. The Hall–Kier alpha value is -0.410. The predicted molar refractivity (Wildman–Crippen MR) is 58.8 cm³/mol. The van der Waals surface area contributed by atoms with Crippen molar-refractivity contribution in [3.8, 4) is 0 Å². The molecule has 2 aliphatic rings. The van der Waals surface area contributed by atoms with E-state index in [1.54, 1.807) is 0 Å². The number of rotatable bonds is 3. The Balaban J connectivity index is 1.64. The molecule has 2 heterocycles. The van der Waals surface area contributed by atoms with E-state index < -0.39 is 0 Å². The lowest BCUT2D eigenvalue weighted by Gasteiger charge is -2.03. The predicted octanol–water partition coefficient (Wildman–Crippen LogP) is 2.17. The van der Waals surface area contributed by atoms with E-state index in [1.165, 1.54) is 49.5 Å². The fourth-order valence-electron chi connectivity index (χ4n) is 2.12. The molecule has 1 aromatic rings. The molecule has 1 N–H and O–H groups in total. The Bertz CT molecular complexity index is 311. The highest BCUT2D eigenvalue weighted by atomic mass is 32.1. The summed E-state index contributed by atoms with van der Waals surface area (Å²) in [6.07, 6.45) is 5.27. The van der Waals surface area contributed by atoms with Gasteiger partial charge in [0.1, 0.15) is 0 Å². The van der Waals surface area contributed by atoms with Gasteiger partial charge in [-0.05, 0) is 38.3 Å². The van der Waals surface area contributed by atoms with Crippen LogP contribution in [0.5, 0.6) is 0 Å². The maximum Gasteiger partial charge on any atom is 0.0931 e. The van der Waals surface area contributed by atoms with Crippen LogP contribution in [-0.2, 0) is 6.42 Å². The summed E-state index contributed by atoms with van der Waals surface area (Å²) in [6.45, 7) is 2.39. The van der Waals surface area contributed by atoms with E-state index in [1.807, 2.05) is 11.3 Å². The summed E-state index contributed by atoms with van der Waals surface area (Å²) < 4.78 is 0. The zero-order chi connectivity index (χ0) is 9.38. The van der Waals surface area contributed by atoms with Crippen LogP contribution in [0.3, 0.4) is 0 Å². The molecule has 1 aromatic heterocycles. The molecule has 1 atom stereocenters. The molecule has 1 aliphatic heterocycles. The van der Waals surface area contributed by atoms with Crippen molar-refractivity contribution in [2.24, 2.45) is 5.92 Å². The lowest BCUT2D eigenvalue weighted by atomic mass is 10.1. The largest absolute Gasteiger partial charge is 0.316 e. The summed E-state index contributed by atoms with van der Waals surface area (Å²) in [5.74, 6) is 1.66. The van der Waals surface area contributed by atoms with Crippen LogP contribution < -0.4 is 5.32 Å². The Morgan fingerprint density at radius 2 is 2.36 bits per heavy atom. The summed E-state index contributed by atoms with van der Waals surface area (Å²) in [7, 11) is 0. The maximum atomic E-state index is 4.73. The van der Waals surface area contributed by atoms with Gasteiger partial charge in [-0.2, -0.15) is 0 Å². The minimum Gasteiger partial charge on any atom is -0.316 e. The first-order valence-corrected chi connectivity index (χ1v) is 6.45. The van der Waals surface area contributed by atoms with E-state index in [0.717, 1.165) is 11.8 Å². The van der Waals surface area contributed by atoms with E-state index >= 15 is 0 Å². The molecule has 1 saturated heterocycles. The topological polar surface area (TPSA) is 24.9 Å². The van der Waals surface area contributed by atoms with Crippen LogP contribution in [-0.4, -0.2) is 18.1 Å². The van der Waals surface area contributed by atoms with Crippen LogP contribution in [0.25, 0.3) is 0 Å². The highest BCUT2D eigenvalue weighted by Gasteiger charge is 2.26. The standard InChI is InChI=1S/C11H16N2S/c1-2-9(1)10-7-14-11(13-10)5-8-3-4-12-6-8/h7-9,12H,1-6H2. The number of nitrogens with one attached hydrogen (secondary N) is 1. The number of nitrogens with zero attached hydrogens (tertiary/aromatic N) is 1. The quantitative estimate of drug-likeness (QED) is 0.823. The second-order valence-electron chi connectivity index (χ2n) is 4.50. The van der Waals surface area contributed by atoms with Crippen LogP contribution in [0.2, 0.25) is 0 Å². The average Bonchev–Trinajstić information content (AvgIpc) is 2.75. The third kappa shape index (κ3) is 1.84. The van der Waals surface area contributed by atoms with E-state index in [0.29, 0.717) is 0 Å². The molecule has 2 nitrogen and oxygen atoms in total. The SMILES string of the molecule is c1sc(CC2CCNC2)nc1C1CC1. The molecule has 0 spiro atoms. The van der Waals surface area contributed by atoms with Gasteiger partial charge in [0.15, 0.2) is 0 Å². The van der Waals surface area contributed by atoms with Crippen LogP contribution in [0.1, 0.15) is 35.9 Å². The number of hydrogen-bond donors (Lipinski definition) is 1. The zero-order valence-corrected chi connectivity index (χ0v) is 9.15. The molecule has 2 fully saturated rings. The molecule has 14 heavy (non-hydrogen) atoms. The number of aromatic nitrogens is 1. The van der Waals surface area contributed by atoms with Crippen molar-refractivity contribution in [2.45, 2.75) is 31.6 Å². The summed E-state index contributed by atoms with van der Waals surface area (Å²) in [5.41, 5.74) is 1.37. The summed E-state index contributed by atoms with van der Waals surface area (Å²) in [5, 5.41) is 7.05. The second kappa shape index (κ2) is 3.63. The molecule has 0 aromatic carbocycles. The highest BCUT2D eigenvalue weighted by molar-refractivity contribution is 7.09. The molecule has 0 bridgehead atoms. The van der Waals surface area contributed by atoms with Gasteiger partial charge in [-0.25, -0.2) is 4.98 Å². The molecular formula is C11H16N2S. The molecule has 1 saturated carbocycles. The Morgan fingerprint density at radius 1 is 1.43 bits per heavy atom. The van der Waals surface area contributed by atoms with E-state index in [-0.39, 0.29) is 0 Å². The van der Waals surface area contributed by atoms with Crippen LogP contribution in [0.4, 0.5) is 0 Å². The van der Waals surface area contributed by atoms with Crippen molar-refractivity contribution in [1.29, 1.82) is 0 Å². The van der Waals surface area contributed by atoms with Gasteiger partial charge in [-0.1, -0.05) is 0 Å². The highest BCUT2D eigenvalue weighted by Crippen LogP contribution is 2.40. The lowest BCUT2D eigenvalue weighted by molar-refractivity contribution is 0.577. The molecule has 3 heteroatoms. The number of hydrogen-bond acceptors (Lipinski definition) is 3. The summed E-state index contributed by atoms with van der Waals surface area (Å²) in [4.78, 5) is 4.73. The van der Waals surface area contributed by atoms with Crippen molar-refractivity contribution < 1.29 is 0 Å². The van der Waals surface area contributed by atoms with Crippen molar-refractivity contribution in [2.75, 3.05) is 13.1 Å². The smallest absolute Gasteiger partial charge is 0.0931 e. The zero-order valence-electron chi connectivity index (χ0n) is 8.33. The first kappa shape index (κ1) is 8.86. The van der Waals surface area contributed by atoms with Crippen molar-refractivity contribution in [1.82, 2.24) is 10.3 Å². The molecular weight excluding hydrogens is 192 g/mol. The van der Waals surface area contributed by atoms with Gasteiger partial charge < -0.3 is 5.32 Å². The van der Waals surface area contributed by atoms with Gasteiger partial charge >= 0.3 is 0 Å². The van der Waals surface area contributed by atoms with Gasteiger partial charge in [0.05, 0.1) is 10.7 Å². The Kier molecular flexibility index (Phi) is 2.30. The van der Waals surface area contributed by atoms with Crippen LogP contribution >= 0.6 is 11.3 Å². The van der Waals surface area contributed by atoms with Gasteiger partial charge in [-0.15, -0.1) is 11.3 Å². The minimum absolute atomic E-state index is 0.821. The van der Waals surface area contributed by atoms with Crippen LogP contribution in [0.15, 0.2) is 5.38 Å². The normalized spacial score (nSPS) is 27.0. The monoisotopic (exact) mass is 208 g/mol. The van der Waals surface area contributed by atoms with Crippen molar-refractivity contribution >= 4 is 11.3 Å². The van der Waals surface area contributed by atoms with E-state index in [9.17, 15) is 0 Å². The van der Waals surface area contributed by atoms with Gasteiger partial charge in [-0.3, -0.25) is 0 Å². The molecule has 76 valence electrons. The Morgan fingerprint density at radius 3 is 3.07 bits per heavy atom. The third-order valence-corrected chi connectivity index (χ3v) is 4.08. The van der Waals surface area contributed by atoms with Crippen LogP contribution in [0, 0.1) is 5.92 Å². The fraction of sp³-hybridized carbons (Fsp3) is 0.727. The minimum atomic E-state index is 0.821. The molecule has 1 unspecified atom stereocenters. The van der Waals surface area contributed by atoms with Gasteiger partial charge in [0, 0.05) is 17.7 Å². The molecule has 3 rings (SSSR count). The second-order valence-corrected chi connectivity index (χ2v) is 5.45. The van der Waals surface area contributed by atoms with Crippen molar-refractivity contribution in [3.63, 3.8) is 0 Å². The van der Waals surface area contributed by atoms with E-state index in [2.05, 4.69) is 10.7 Å². The van der Waals surface area contributed by atoms with Crippen molar-refractivity contribution in [3.05, 3.63) is 16.1 Å². The van der Waals surface area contributed by atoms with Gasteiger partial charge in [0.25, 0.3) is 0 Å². The lowest BCUT2D eigenvalue weighted by Crippen LogP contribution is -2.10. The maximum absolute atomic E-state index is 4.73. The van der Waals surface area contributed by atoms with Gasteiger partial charge in [0.2, 0.25) is 0 Å². The molecule has 0 amide bonds.